The van der Waals surface area contributed by atoms with Gasteiger partial charge < -0.3 is 0 Å². The molecule has 1 aliphatic rings. The number of ketones is 1. The third-order valence-corrected chi connectivity index (χ3v) is 4.13. The summed E-state index contributed by atoms with van der Waals surface area (Å²) in [6.07, 6.45) is 0. The summed E-state index contributed by atoms with van der Waals surface area (Å²) in [5.41, 5.74) is 7.19. The Hall–Kier alpha value is -2.67. The van der Waals surface area contributed by atoms with E-state index in [-0.39, 0.29) is 5.78 Å². The fraction of sp³-hybridized carbons (Fsp3) is 0.0500. The molecule has 0 bridgehead atoms. The van der Waals surface area contributed by atoms with Crippen LogP contribution in [0.5, 0.6) is 0 Å². The minimum Gasteiger partial charge on any atom is -0.289 e. The van der Waals surface area contributed by atoms with Crippen LogP contribution in [0.3, 0.4) is 0 Å². The first-order chi connectivity index (χ1) is 10.3. The number of hydrogen-bond donors (Lipinski definition) is 0. The Morgan fingerprint density at radius 1 is 0.667 bits per heavy atom. The molecule has 4 rings (SSSR count). The molecule has 0 heterocycles. The third-order valence-electron chi connectivity index (χ3n) is 4.13. The minimum atomic E-state index is 0.151. The van der Waals surface area contributed by atoms with Gasteiger partial charge in [-0.1, -0.05) is 60.7 Å². The molecule has 1 aliphatic carbocycles. The summed E-state index contributed by atoms with van der Waals surface area (Å²) in [6.45, 7) is 2.02. The zero-order valence-electron chi connectivity index (χ0n) is 11.8. The normalized spacial score (nSPS) is 12.1. The third kappa shape index (κ3) is 1.74. The first kappa shape index (κ1) is 12.1. The van der Waals surface area contributed by atoms with Crippen LogP contribution in [0.4, 0.5) is 0 Å². The predicted octanol–water partition coefficient (Wildman–Crippen LogP) is 4.87. The van der Waals surface area contributed by atoms with E-state index >= 15 is 0 Å². The van der Waals surface area contributed by atoms with Gasteiger partial charge in [0.2, 0.25) is 0 Å². The number of rotatable bonds is 1. The highest BCUT2D eigenvalue weighted by molar-refractivity contribution is 6.22. The van der Waals surface area contributed by atoms with Crippen molar-refractivity contribution in [2.75, 3.05) is 0 Å². The van der Waals surface area contributed by atoms with E-state index in [1.54, 1.807) is 0 Å². The van der Waals surface area contributed by atoms with Crippen LogP contribution >= 0.6 is 0 Å². The summed E-state index contributed by atoms with van der Waals surface area (Å²) in [5.74, 6) is 0.151. The van der Waals surface area contributed by atoms with Gasteiger partial charge >= 0.3 is 0 Å². The molecule has 0 aliphatic heterocycles. The summed E-state index contributed by atoms with van der Waals surface area (Å²) in [6, 6.07) is 22.4. The molecule has 1 nitrogen and oxygen atoms in total. The molecule has 1 heteroatoms. The van der Waals surface area contributed by atoms with Gasteiger partial charge in [0.25, 0.3) is 0 Å². The number of benzene rings is 3. The number of aryl methyl sites for hydroxylation is 1. The molecule has 0 unspecified atom stereocenters. The molecular formula is C20H14O. The monoisotopic (exact) mass is 270 g/mol. The van der Waals surface area contributed by atoms with E-state index in [1.807, 2.05) is 49.4 Å². The molecule has 0 aromatic heterocycles. The maximum Gasteiger partial charge on any atom is 0.194 e. The quantitative estimate of drug-likeness (QED) is 0.482. The summed E-state index contributed by atoms with van der Waals surface area (Å²) in [4.78, 5) is 12.6. The van der Waals surface area contributed by atoms with Gasteiger partial charge in [0, 0.05) is 11.1 Å². The molecule has 0 spiro atoms. The Morgan fingerprint density at radius 3 is 2.10 bits per heavy atom. The van der Waals surface area contributed by atoms with Gasteiger partial charge in [0.05, 0.1) is 0 Å². The molecule has 0 saturated carbocycles. The maximum atomic E-state index is 12.6. The molecule has 0 saturated heterocycles. The Balaban J connectivity index is 2.00. The van der Waals surface area contributed by atoms with E-state index < -0.39 is 0 Å². The number of carbonyl (C=O) groups excluding carboxylic acids is 1. The van der Waals surface area contributed by atoms with Crippen LogP contribution < -0.4 is 0 Å². The highest BCUT2D eigenvalue weighted by atomic mass is 16.1. The summed E-state index contributed by atoms with van der Waals surface area (Å²) < 4.78 is 0. The fourth-order valence-corrected chi connectivity index (χ4v) is 3.15. The van der Waals surface area contributed by atoms with E-state index in [1.165, 1.54) is 5.56 Å². The van der Waals surface area contributed by atoms with Gasteiger partial charge in [0.1, 0.15) is 0 Å². The van der Waals surface area contributed by atoms with Crippen molar-refractivity contribution in [1.29, 1.82) is 0 Å². The molecule has 0 radical (unpaired) electrons. The molecule has 100 valence electrons. The molecule has 21 heavy (non-hydrogen) atoms. The average Bonchev–Trinajstić information content (AvgIpc) is 2.82. The molecule has 0 N–H and O–H groups in total. The second-order valence-corrected chi connectivity index (χ2v) is 5.46. The highest BCUT2D eigenvalue weighted by Gasteiger charge is 2.28. The fourth-order valence-electron chi connectivity index (χ4n) is 3.15. The summed E-state index contributed by atoms with van der Waals surface area (Å²) in [7, 11) is 0. The lowest BCUT2D eigenvalue weighted by Crippen LogP contribution is -1.98. The number of hydrogen-bond acceptors (Lipinski definition) is 1. The largest absolute Gasteiger partial charge is 0.289 e. The van der Waals surface area contributed by atoms with Crippen molar-refractivity contribution in [2.24, 2.45) is 0 Å². The maximum absolute atomic E-state index is 12.6. The van der Waals surface area contributed by atoms with Crippen LogP contribution in [0, 0.1) is 6.92 Å². The van der Waals surface area contributed by atoms with Gasteiger partial charge in [0.15, 0.2) is 5.78 Å². The van der Waals surface area contributed by atoms with Crippen molar-refractivity contribution < 1.29 is 4.79 Å². The Labute approximate surface area is 123 Å². The average molecular weight is 270 g/mol. The van der Waals surface area contributed by atoms with Crippen molar-refractivity contribution in [3.8, 4) is 22.3 Å². The summed E-state index contributed by atoms with van der Waals surface area (Å²) >= 11 is 0. The van der Waals surface area contributed by atoms with Crippen molar-refractivity contribution in [1.82, 2.24) is 0 Å². The van der Waals surface area contributed by atoms with E-state index in [0.717, 1.165) is 33.4 Å². The second kappa shape index (κ2) is 4.42. The molecule has 0 fully saturated rings. The predicted molar refractivity (Wildman–Crippen MR) is 85.5 cm³/mol. The first-order valence-electron chi connectivity index (χ1n) is 7.10. The molecular weight excluding hydrogens is 256 g/mol. The van der Waals surface area contributed by atoms with Gasteiger partial charge in [-0.25, -0.2) is 0 Å². The van der Waals surface area contributed by atoms with Crippen molar-refractivity contribution >= 4 is 5.78 Å². The van der Waals surface area contributed by atoms with E-state index in [4.69, 9.17) is 0 Å². The van der Waals surface area contributed by atoms with Crippen molar-refractivity contribution in [3.05, 3.63) is 83.4 Å². The van der Waals surface area contributed by atoms with E-state index in [9.17, 15) is 4.79 Å². The topological polar surface area (TPSA) is 17.1 Å². The van der Waals surface area contributed by atoms with Gasteiger partial charge in [-0.05, 0) is 40.8 Å². The van der Waals surface area contributed by atoms with Crippen LogP contribution in [0.1, 0.15) is 21.5 Å². The van der Waals surface area contributed by atoms with Crippen LogP contribution in [-0.4, -0.2) is 5.78 Å². The van der Waals surface area contributed by atoms with Crippen molar-refractivity contribution in [2.45, 2.75) is 6.92 Å². The molecule has 0 atom stereocenters. The first-order valence-corrected chi connectivity index (χ1v) is 7.10. The standard InChI is InChI=1S/C20H14O/c1-13-11-15(14-7-3-2-4-8-14)12-18-16-9-5-6-10-17(16)20(21)19(13)18/h2-12H,1H3. The van der Waals surface area contributed by atoms with Crippen LogP contribution in [-0.2, 0) is 0 Å². The molecule has 0 amide bonds. The molecule has 3 aromatic carbocycles. The van der Waals surface area contributed by atoms with E-state index in [2.05, 4.69) is 24.3 Å². The lowest BCUT2D eigenvalue weighted by molar-refractivity contribution is 0.104. The Bertz CT molecular complexity index is 860. The van der Waals surface area contributed by atoms with E-state index in [0.29, 0.717) is 0 Å². The lowest BCUT2D eigenvalue weighted by atomic mass is 9.95. The van der Waals surface area contributed by atoms with Crippen LogP contribution in [0.25, 0.3) is 22.3 Å². The van der Waals surface area contributed by atoms with Crippen LogP contribution in [0.15, 0.2) is 66.7 Å². The molecule has 3 aromatic rings. The zero-order chi connectivity index (χ0) is 14.4. The van der Waals surface area contributed by atoms with Crippen molar-refractivity contribution in [3.63, 3.8) is 0 Å². The van der Waals surface area contributed by atoms with Crippen LogP contribution in [0.2, 0.25) is 0 Å². The zero-order valence-corrected chi connectivity index (χ0v) is 11.8. The van der Waals surface area contributed by atoms with Gasteiger partial charge in [-0.3, -0.25) is 4.79 Å². The van der Waals surface area contributed by atoms with Gasteiger partial charge in [-0.15, -0.1) is 0 Å². The summed E-state index contributed by atoms with van der Waals surface area (Å²) in [5, 5.41) is 0. The minimum absolute atomic E-state index is 0.151. The number of carbonyl (C=O) groups is 1. The Morgan fingerprint density at radius 2 is 1.33 bits per heavy atom. The lowest BCUT2D eigenvalue weighted by Gasteiger charge is -2.08. The Kier molecular flexibility index (Phi) is 2.55. The second-order valence-electron chi connectivity index (χ2n) is 5.46. The van der Waals surface area contributed by atoms with Gasteiger partial charge in [-0.2, -0.15) is 0 Å². The SMILES string of the molecule is Cc1cc(-c2ccccc2)cc2c1C(=O)c1ccccc1-2. The smallest absolute Gasteiger partial charge is 0.194 e. The number of fused-ring (bicyclic) bond motifs is 3. The highest BCUT2D eigenvalue weighted by Crippen LogP contribution is 2.40.